The van der Waals surface area contributed by atoms with Crippen LogP contribution in [0.5, 0.6) is 0 Å². The number of aromatic nitrogens is 3. The van der Waals surface area contributed by atoms with Gasteiger partial charge in [-0.1, -0.05) is 6.07 Å². The number of hydrogen-bond acceptors (Lipinski definition) is 3. The highest BCUT2D eigenvalue weighted by atomic mass is 16.4. The summed E-state index contributed by atoms with van der Waals surface area (Å²) in [5.41, 5.74) is 0.734. The predicted octanol–water partition coefficient (Wildman–Crippen LogP) is 1.02. The number of carboxylic acids is 1. The van der Waals surface area contributed by atoms with Crippen molar-refractivity contribution >= 4 is 5.97 Å². The van der Waals surface area contributed by atoms with E-state index in [1.165, 1.54) is 6.07 Å². The fourth-order valence-corrected chi connectivity index (χ4v) is 1.25. The summed E-state index contributed by atoms with van der Waals surface area (Å²) in [5, 5.41) is 12.8. The summed E-state index contributed by atoms with van der Waals surface area (Å²) >= 11 is 0. The van der Waals surface area contributed by atoms with Crippen LogP contribution in [0.25, 0.3) is 0 Å². The first-order valence-corrected chi connectivity index (χ1v) is 4.42. The van der Waals surface area contributed by atoms with Crippen molar-refractivity contribution < 1.29 is 9.90 Å². The van der Waals surface area contributed by atoms with Crippen molar-refractivity contribution in [2.75, 3.05) is 0 Å². The molecule has 0 aliphatic rings. The quantitative estimate of drug-likeness (QED) is 0.808. The fourth-order valence-electron chi connectivity index (χ4n) is 1.25. The van der Waals surface area contributed by atoms with Crippen molar-refractivity contribution in [3.8, 4) is 0 Å². The van der Waals surface area contributed by atoms with Crippen molar-refractivity contribution in [2.24, 2.45) is 0 Å². The highest BCUT2D eigenvalue weighted by Gasteiger charge is 2.05. The van der Waals surface area contributed by atoms with Gasteiger partial charge in [0.25, 0.3) is 0 Å². The molecule has 0 fully saturated rings. The molecule has 0 unspecified atom stereocenters. The molecule has 2 heterocycles. The second kappa shape index (κ2) is 3.91. The van der Waals surface area contributed by atoms with Crippen molar-refractivity contribution in [3.63, 3.8) is 0 Å². The van der Waals surface area contributed by atoms with Crippen LogP contribution < -0.4 is 0 Å². The van der Waals surface area contributed by atoms with Crippen LogP contribution in [-0.2, 0) is 6.54 Å². The highest BCUT2D eigenvalue weighted by molar-refractivity contribution is 5.85. The van der Waals surface area contributed by atoms with E-state index in [0.29, 0.717) is 12.2 Å². The van der Waals surface area contributed by atoms with Crippen LogP contribution in [0.2, 0.25) is 0 Å². The van der Waals surface area contributed by atoms with E-state index in [-0.39, 0.29) is 5.69 Å². The number of rotatable bonds is 3. The third-order valence-corrected chi connectivity index (χ3v) is 1.91. The third kappa shape index (κ3) is 2.19. The lowest BCUT2D eigenvalue weighted by atomic mass is 10.3. The molecule has 2 aromatic heterocycles. The van der Waals surface area contributed by atoms with Crippen LogP contribution in [0.1, 0.15) is 16.2 Å². The molecule has 0 aromatic carbocycles. The molecule has 2 rings (SSSR count). The molecule has 1 N–H and O–H groups in total. The maximum Gasteiger partial charge on any atom is 0.354 e. The van der Waals surface area contributed by atoms with Crippen molar-refractivity contribution in [3.05, 3.63) is 48.0 Å². The molecular formula is C10H9N3O2. The van der Waals surface area contributed by atoms with E-state index in [1.54, 1.807) is 35.3 Å². The Morgan fingerprint density at radius 3 is 2.93 bits per heavy atom. The predicted molar refractivity (Wildman–Crippen MR) is 52.5 cm³/mol. The summed E-state index contributed by atoms with van der Waals surface area (Å²) in [6.07, 6.45) is 3.47. The van der Waals surface area contributed by atoms with Gasteiger partial charge in [-0.15, -0.1) is 0 Å². The van der Waals surface area contributed by atoms with E-state index in [1.807, 2.05) is 0 Å². The largest absolute Gasteiger partial charge is 0.477 e. The molecule has 0 spiro atoms. The van der Waals surface area contributed by atoms with E-state index in [0.717, 1.165) is 0 Å². The molecule has 0 saturated carbocycles. The normalized spacial score (nSPS) is 10.1. The number of carbonyl (C=O) groups is 1. The van der Waals surface area contributed by atoms with Crippen LogP contribution >= 0.6 is 0 Å². The van der Waals surface area contributed by atoms with Crippen molar-refractivity contribution in [1.29, 1.82) is 0 Å². The second-order valence-corrected chi connectivity index (χ2v) is 3.02. The Bertz CT molecular complexity index is 465. The maximum absolute atomic E-state index is 10.7. The number of aromatic carboxylic acids is 1. The average Bonchev–Trinajstić information content (AvgIpc) is 2.71. The zero-order valence-corrected chi connectivity index (χ0v) is 7.87. The average molecular weight is 203 g/mol. The smallest absolute Gasteiger partial charge is 0.354 e. The number of pyridine rings is 1. The first-order valence-electron chi connectivity index (χ1n) is 4.42. The molecule has 15 heavy (non-hydrogen) atoms. The molecule has 0 amide bonds. The molecule has 0 atom stereocenters. The number of hydrogen-bond donors (Lipinski definition) is 1. The minimum atomic E-state index is -1.02. The Morgan fingerprint density at radius 2 is 2.27 bits per heavy atom. The molecular weight excluding hydrogens is 194 g/mol. The summed E-state index contributed by atoms with van der Waals surface area (Å²) in [7, 11) is 0. The molecule has 0 saturated heterocycles. The van der Waals surface area contributed by atoms with Crippen LogP contribution in [0.15, 0.2) is 36.7 Å². The molecule has 0 aliphatic carbocycles. The lowest BCUT2D eigenvalue weighted by Crippen LogP contribution is -2.06. The lowest BCUT2D eigenvalue weighted by molar-refractivity contribution is 0.0690. The summed E-state index contributed by atoms with van der Waals surface area (Å²) in [4.78, 5) is 14.7. The fraction of sp³-hybridized carbons (Fsp3) is 0.100. The maximum atomic E-state index is 10.7. The Hall–Kier alpha value is -2.17. The summed E-state index contributed by atoms with van der Waals surface area (Å²) in [6.45, 7) is 0.480. The topological polar surface area (TPSA) is 68.0 Å². The van der Waals surface area contributed by atoms with Gasteiger partial charge in [-0.3, -0.25) is 4.68 Å². The third-order valence-electron chi connectivity index (χ3n) is 1.91. The Kier molecular flexibility index (Phi) is 2.45. The van der Waals surface area contributed by atoms with E-state index >= 15 is 0 Å². The van der Waals surface area contributed by atoms with Gasteiger partial charge >= 0.3 is 5.97 Å². The zero-order chi connectivity index (χ0) is 10.7. The van der Waals surface area contributed by atoms with E-state index in [4.69, 9.17) is 5.11 Å². The lowest BCUT2D eigenvalue weighted by Gasteiger charge is -2.01. The van der Waals surface area contributed by atoms with Crippen LogP contribution in [-0.4, -0.2) is 25.8 Å². The van der Waals surface area contributed by atoms with Crippen LogP contribution in [0.3, 0.4) is 0 Å². The van der Waals surface area contributed by atoms with Gasteiger partial charge in [0.05, 0.1) is 12.2 Å². The Morgan fingerprint density at radius 1 is 1.40 bits per heavy atom. The monoisotopic (exact) mass is 203 g/mol. The van der Waals surface area contributed by atoms with E-state index < -0.39 is 5.97 Å². The summed E-state index contributed by atoms with van der Waals surface area (Å²) < 4.78 is 1.69. The van der Waals surface area contributed by atoms with Gasteiger partial charge in [-0.05, 0) is 18.2 Å². The molecule has 0 aliphatic heterocycles. The first-order chi connectivity index (χ1) is 7.25. The SMILES string of the molecule is O=C(O)c1cccc(Cn2cccn2)n1. The zero-order valence-electron chi connectivity index (χ0n) is 7.87. The standard InChI is InChI=1S/C10H9N3O2/c14-10(15)9-4-1-3-8(12-9)7-13-6-2-5-11-13/h1-6H,7H2,(H,14,15). The van der Waals surface area contributed by atoms with Crippen molar-refractivity contribution in [2.45, 2.75) is 6.54 Å². The van der Waals surface area contributed by atoms with E-state index in [2.05, 4.69) is 10.1 Å². The van der Waals surface area contributed by atoms with Crippen molar-refractivity contribution in [1.82, 2.24) is 14.8 Å². The number of carboxylic acid groups (broad SMARTS) is 1. The first kappa shape index (κ1) is 9.39. The Labute approximate surface area is 86.0 Å². The molecule has 0 radical (unpaired) electrons. The minimum Gasteiger partial charge on any atom is -0.477 e. The van der Waals surface area contributed by atoms with Gasteiger partial charge in [-0.25, -0.2) is 9.78 Å². The second-order valence-electron chi connectivity index (χ2n) is 3.02. The van der Waals surface area contributed by atoms with Gasteiger partial charge in [0.1, 0.15) is 5.69 Å². The molecule has 76 valence electrons. The molecule has 0 bridgehead atoms. The van der Waals surface area contributed by atoms with Gasteiger partial charge in [-0.2, -0.15) is 5.10 Å². The number of nitrogens with zero attached hydrogens (tertiary/aromatic N) is 3. The van der Waals surface area contributed by atoms with Gasteiger partial charge in [0.2, 0.25) is 0 Å². The van der Waals surface area contributed by atoms with Gasteiger partial charge in [0, 0.05) is 12.4 Å². The minimum absolute atomic E-state index is 0.0552. The summed E-state index contributed by atoms with van der Waals surface area (Å²) in [6, 6.07) is 6.72. The van der Waals surface area contributed by atoms with Crippen LogP contribution in [0, 0.1) is 0 Å². The Balaban J connectivity index is 2.22. The summed E-state index contributed by atoms with van der Waals surface area (Å²) in [5.74, 6) is -1.02. The molecule has 2 aromatic rings. The highest BCUT2D eigenvalue weighted by Crippen LogP contribution is 2.01. The molecule has 5 heteroatoms. The van der Waals surface area contributed by atoms with E-state index in [9.17, 15) is 4.79 Å². The van der Waals surface area contributed by atoms with Crippen LogP contribution in [0.4, 0.5) is 0 Å². The van der Waals surface area contributed by atoms with Gasteiger partial charge < -0.3 is 5.11 Å². The molecule has 5 nitrogen and oxygen atoms in total. The van der Waals surface area contributed by atoms with Gasteiger partial charge in [0.15, 0.2) is 0 Å².